The van der Waals surface area contributed by atoms with Crippen molar-refractivity contribution in [2.24, 2.45) is 0 Å². The zero-order chi connectivity index (χ0) is 20.3. The second-order valence-electron chi connectivity index (χ2n) is 6.27. The molecule has 2 aromatic carbocycles. The number of hydrogen-bond donors (Lipinski definition) is 0. The number of esters is 1. The molecule has 0 spiro atoms. The number of hydrogen-bond acceptors (Lipinski definition) is 5. The monoisotopic (exact) mass is 399 g/mol. The average molecular weight is 399 g/mol. The Morgan fingerprint density at radius 1 is 0.964 bits per heavy atom. The van der Waals surface area contributed by atoms with E-state index in [2.05, 4.69) is 0 Å². The molecule has 3 rings (SSSR count). The number of Topliss-reactive ketones (excluding diaryl/α,β-unsaturated/α-hetero) is 1. The van der Waals surface area contributed by atoms with Crippen molar-refractivity contribution in [3.05, 3.63) is 71.4 Å². The minimum atomic E-state index is -3.96. The molecule has 0 fully saturated rings. The van der Waals surface area contributed by atoms with Crippen molar-refractivity contribution in [2.45, 2.75) is 31.6 Å². The molecule has 28 heavy (non-hydrogen) atoms. The lowest BCUT2D eigenvalue weighted by atomic mass is 10.0. The van der Waals surface area contributed by atoms with E-state index in [9.17, 15) is 18.0 Å². The van der Waals surface area contributed by atoms with Crippen LogP contribution in [0.4, 0.5) is 0 Å². The van der Waals surface area contributed by atoms with Gasteiger partial charge in [-0.15, -0.1) is 0 Å². The molecule has 0 amide bonds. The summed E-state index contributed by atoms with van der Waals surface area (Å²) < 4.78 is 33.0. The first kappa shape index (κ1) is 19.8. The molecule has 146 valence electrons. The molecule has 6 nitrogen and oxygen atoms in total. The lowest BCUT2D eigenvalue weighted by Crippen LogP contribution is -2.39. The Labute approximate surface area is 164 Å². The van der Waals surface area contributed by atoms with E-state index in [0.717, 1.165) is 4.31 Å². The van der Waals surface area contributed by atoms with E-state index in [-0.39, 0.29) is 34.9 Å². The molecular formula is C21H21NO5S. The molecule has 1 aliphatic heterocycles. The fourth-order valence-electron chi connectivity index (χ4n) is 3.03. The number of carbonyl (C=O) groups excluding carboxylic acids is 2. The van der Waals surface area contributed by atoms with E-state index in [1.165, 1.54) is 6.07 Å². The molecule has 7 heteroatoms. The number of nitrogens with zero attached hydrogens (tertiary/aromatic N) is 1. The molecule has 1 aliphatic rings. The van der Waals surface area contributed by atoms with Gasteiger partial charge >= 0.3 is 5.97 Å². The van der Waals surface area contributed by atoms with Gasteiger partial charge in [0.05, 0.1) is 4.90 Å². The normalized spacial score (nSPS) is 15.1. The highest BCUT2D eigenvalue weighted by Crippen LogP contribution is 2.39. The summed E-state index contributed by atoms with van der Waals surface area (Å²) >= 11 is 0. The fraction of sp³-hybridized carbons (Fsp3) is 0.238. The van der Waals surface area contributed by atoms with Gasteiger partial charge in [0.1, 0.15) is 5.70 Å². The first-order valence-electron chi connectivity index (χ1n) is 9.08. The van der Waals surface area contributed by atoms with Gasteiger partial charge in [-0.2, -0.15) is 0 Å². The van der Waals surface area contributed by atoms with Gasteiger partial charge in [0.25, 0.3) is 10.0 Å². The van der Waals surface area contributed by atoms with E-state index in [1.807, 2.05) is 6.92 Å². The van der Waals surface area contributed by atoms with Gasteiger partial charge in [-0.25, -0.2) is 8.42 Å². The van der Waals surface area contributed by atoms with Crippen LogP contribution >= 0.6 is 0 Å². The summed E-state index contributed by atoms with van der Waals surface area (Å²) in [5.74, 6) is -1.07. The quantitative estimate of drug-likeness (QED) is 0.548. The summed E-state index contributed by atoms with van der Waals surface area (Å²) in [4.78, 5) is 25.4. The number of rotatable bonds is 6. The summed E-state index contributed by atoms with van der Waals surface area (Å²) in [6.07, 6.45) is 0.584. The highest BCUT2D eigenvalue weighted by molar-refractivity contribution is 7.89. The van der Waals surface area contributed by atoms with E-state index in [1.54, 1.807) is 55.5 Å². The topological polar surface area (TPSA) is 80.8 Å². The van der Waals surface area contributed by atoms with E-state index < -0.39 is 21.8 Å². The van der Waals surface area contributed by atoms with Crippen molar-refractivity contribution < 1.29 is 22.7 Å². The van der Waals surface area contributed by atoms with Gasteiger partial charge in [-0.1, -0.05) is 56.3 Å². The lowest BCUT2D eigenvalue weighted by molar-refractivity contribution is -0.136. The summed E-state index contributed by atoms with van der Waals surface area (Å²) in [7, 11) is -3.96. The predicted molar refractivity (Wildman–Crippen MR) is 105 cm³/mol. The Morgan fingerprint density at radius 3 is 2.25 bits per heavy atom. The van der Waals surface area contributed by atoms with Gasteiger partial charge in [-0.3, -0.25) is 13.9 Å². The second kappa shape index (κ2) is 7.98. The first-order chi connectivity index (χ1) is 13.4. The van der Waals surface area contributed by atoms with Crippen molar-refractivity contribution in [1.82, 2.24) is 4.31 Å². The zero-order valence-electron chi connectivity index (χ0n) is 15.7. The third-order valence-electron chi connectivity index (χ3n) is 4.35. The third-order valence-corrected chi connectivity index (χ3v) is 6.20. The maximum absolute atomic E-state index is 13.3. The molecule has 0 atom stereocenters. The minimum absolute atomic E-state index is 0.0143. The Bertz CT molecular complexity index is 1040. The van der Waals surface area contributed by atoms with Crippen molar-refractivity contribution in [3.63, 3.8) is 0 Å². The molecule has 0 aromatic heterocycles. The minimum Gasteiger partial charge on any atom is -0.423 e. The zero-order valence-corrected chi connectivity index (χ0v) is 16.5. The number of ether oxygens (including phenoxy) is 1. The van der Waals surface area contributed by atoms with Crippen LogP contribution in [-0.2, 0) is 19.6 Å². The van der Waals surface area contributed by atoms with Crippen LogP contribution in [0, 0.1) is 0 Å². The van der Waals surface area contributed by atoms with E-state index >= 15 is 0 Å². The summed E-state index contributed by atoms with van der Waals surface area (Å²) in [5, 5.41) is 0. The number of benzene rings is 2. The molecule has 0 unspecified atom stereocenters. The van der Waals surface area contributed by atoms with Crippen LogP contribution in [0.25, 0.3) is 5.76 Å². The highest BCUT2D eigenvalue weighted by Gasteiger charge is 2.41. The number of allylic oxidation sites excluding steroid dienone is 1. The van der Waals surface area contributed by atoms with Gasteiger partial charge in [0, 0.05) is 24.1 Å². The van der Waals surface area contributed by atoms with Crippen LogP contribution < -0.4 is 0 Å². The number of sulfonamides is 1. The maximum atomic E-state index is 13.3. The van der Waals surface area contributed by atoms with Crippen LogP contribution in [0.1, 0.15) is 42.6 Å². The van der Waals surface area contributed by atoms with Crippen LogP contribution in [0.3, 0.4) is 0 Å². The molecule has 0 saturated carbocycles. The Hall–Kier alpha value is -2.93. The SMILES string of the molecule is CCCN1C(C(=O)c2ccccc2)=C(OC(=O)CC)c2ccccc2S1(=O)=O. The van der Waals surface area contributed by atoms with Gasteiger partial charge in [0.15, 0.2) is 5.76 Å². The smallest absolute Gasteiger partial charge is 0.310 e. The molecule has 0 aliphatic carbocycles. The van der Waals surface area contributed by atoms with Gasteiger partial charge in [-0.05, 0) is 18.6 Å². The molecular weight excluding hydrogens is 378 g/mol. The highest BCUT2D eigenvalue weighted by atomic mass is 32.2. The molecule has 0 bridgehead atoms. The molecule has 0 saturated heterocycles. The largest absolute Gasteiger partial charge is 0.423 e. The third kappa shape index (κ3) is 3.45. The number of fused-ring (bicyclic) bond motifs is 1. The van der Waals surface area contributed by atoms with Crippen LogP contribution in [0.2, 0.25) is 0 Å². The van der Waals surface area contributed by atoms with Crippen LogP contribution in [0.15, 0.2) is 65.2 Å². The number of carbonyl (C=O) groups is 2. The predicted octanol–water partition coefficient (Wildman–Crippen LogP) is 3.61. The number of ketones is 1. The first-order valence-corrected chi connectivity index (χ1v) is 10.5. The Balaban J connectivity index is 2.33. The van der Waals surface area contributed by atoms with Crippen LogP contribution in [0.5, 0.6) is 0 Å². The van der Waals surface area contributed by atoms with E-state index in [0.29, 0.717) is 12.0 Å². The van der Waals surface area contributed by atoms with Crippen molar-refractivity contribution in [3.8, 4) is 0 Å². The van der Waals surface area contributed by atoms with Gasteiger partial charge < -0.3 is 4.74 Å². The lowest BCUT2D eigenvalue weighted by Gasteiger charge is -2.32. The fourth-order valence-corrected chi connectivity index (χ4v) is 4.78. The molecule has 1 heterocycles. The Kier molecular flexibility index (Phi) is 5.65. The summed E-state index contributed by atoms with van der Waals surface area (Å²) in [6.45, 7) is 3.55. The van der Waals surface area contributed by atoms with Crippen molar-refractivity contribution in [1.29, 1.82) is 0 Å². The molecule has 2 aromatic rings. The maximum Gasteiger partial charge on any atom is 0.310 e. The van der Waals surface area contributed by atoms with Gasteiger partial charge in [0.2, 0.25) is 5.78 Å². The van der Waals surface area contributed by atoms with Crippen molar-refractivity contribution >= 4 is 27.5 Å². The molecule has 0 radical (unpaired) electrons. The van der Waals surface area contributed by atoms with E-state index in [4.69, 9.17) is 4.74 Å². The molecule has 0 N–H and O–H groups in total. The van der Waals surface area contributed by atoms with Crippen molar-refractivity contribution in [2.75, 3.05) is 6.54 Å². The standard InChI is InChI=1S/C21H21NO5S/c1-3-14-22-19(20(24)15-10-6-5-7-11-15)21(27-18(23)4-2)16-12-8-9-13-17(16)28(22,25)26/h5-13H,3-4,14H2,1-2H3. The second-order valence-corrected chi connectivity index (χ2v) is 8.10. The van der Waals surface area contributed by atoms with Crippen LogP contribution in [-0.4, -0.2) is 31.0 Å². The summed E-state index contributed by atoms with van der Waals surface area (Å²) in [6, 6.07) is 14.6. The summed E-state index contributed by atoms with van der Waals surface area (Å²) in [5.41, 5.74) is 0.405. The average Bonchev–Trinajstić information content (AvgIpc) is 2.72. The Morgan fingerprint density at radius 2 is 1.61 bits per heavy atom.